The van der Waals surface area contributed by atoms with E-state index in [9.17, 15) is 18.5 Å². The second-order valence-electron chi connectivity index (χ2n) is 6.76. The highest BCUT2D eigenvalue weighted by Gasteiger charge is 2.20. The van der Waals surface area contributed by atoms with Crippen molar-refractivity contribution in [3.05, 3.63) is 82.9 Å². The van der Waals surface area contributed by atoms with Gasteiger partial charge in [-0.3, -0.25) is 4.79 Å². The number of amides is 1. The molecule has 3 aromatic carbocycles. The van der Waals surface area contributed by atoms with Crippen LogP contribution in [0.1, 0.15) is 5.56 Å². The molecule has 3 aromatic rings. The maximum absolute atomic E-state index is 12.6. The van der Waals surface area contributed by atoms with Gasteiger partial charge in [0.1, 0.15) is 22.3 Å². The molecule has 0 heterocycles. The van der Waals surface area contributed by atoms with Crippen LogP contribution in [0.25, 0.3) is 6.08 Å². The molecule has 34 heavy (non-hydrogen) atoms. The minimum Gasteiger partial charge on any atom is -0.497 e. The van der Waals surface area contributed by atoms with E-state index in [2.05, 4.69) is 5.32 Å². The highest BCUT2D eigenvalue weighted by atomic mass is 35.5. The number of benzene rings is 3. The Bertz CT molecular complexity index is 1380. The van der Waals surface area contributed by atoms with Crippen LogP contribution >= 0.6 is 11.6 Å². The van der Waals surface area contributed by atoms with Gasteiger partial charge in [0, 0.05) is 10.7 Å². The summed E-state index contributed by atoms with van der Waals surface area (Å²) in [5.74, 6) is -0.0951. The van der Waals surface area contributed by atoms with Crippen molar-refractivity contribution in [1.82, 2.24) is 0 Å². The van der Waals surface area contributed by atoms with Gasteiger partial charge >= 0.3 is 10.1 Å². The van der Waals surface area contributed by atoms with Crippen LogP contribution in [0.15, 0.2) is 77.2 Å². The number of nitrogens with zero attached hydrogens (tertiary/aromatic N) is 1. The Balaban J connectivity index is 1.83. The maximum Gasteiger partial charge on any atom is 0.339 e. The second-order valence-corrected chi connectivity index (χ2v) is 8.74. The average molecular weight is 499 g/mol. The molecule has 8 nitrogen and oxygen atoms in total. The van der Waals surface area contributed by atoms with Gasteiger partial charge < -0.3 is 19.0 Å². The number of nitrogens with one attached hydrogen (secondary N) is 1. The molecule has 3 rings (SSSR count). The van der Waals surface area contributed by atoms with Gasteiger partial charge in [-0.1, -0.05) is 23.7 Å². The molecule has 1 N–H and O–H groups in total. The van der Waals surface area contributed by atoms with Crippen molar-refractivity contribution in [1.29, 1.82) is 5.26 Å². The van der Waals surface area contributed by atoms with Gasteiger partial charge in [0.05, 0.1) is 14.2 Å². The summed E-state index contributed by atoms with van der Waals surface area (Å²) in [5, 5.41) is 12.5. The first-order chi connectivity index (χ1) is 16.2. The van der Waals surface area contributed by atoms with E-state index in [0.717, 1.165) is 0 Å². The molecular weight excluding hydrogens is 480 g/mol. The third kappa shape index (κ3) is 6.07. The zero-order valence-electron chi connectivity index (χ0n) is 18.1. The van der Waals surface area contributed by atoms with Crippen LogP contribution in [0.4, 0.5) is 5.69 Å². The average Bonchev–Trinajstić information content (AvgIpc) is 2.83. The summed E-state index contributed by atoms with van der Waals surface area (Å²) in [6.45, 7) is 0. The summed E-state index contributed by atoms with van der Waals surface area (Å²) in [5.41, 5.74) is 0.675. The van der Waals surface area contributed by atoms with E-state index in [4.69, 9.17) is 25.3 Å². The van der Waals surface area contributed by atoms with Gasteiger partial charge in [-0.15, -0.1) is 0 Å². The number of hydrogen-bond donors (Lipinski definition) is 1. The third-order valence-corrected chi connectivity index (χ3v) is 5.98. The van der Waals surface area contributed by atoms with E-state index < -0.39 is 16.0 Å². The van der Waals surface area contributed by atoms with E-state index in [1.54, 1.807) is 24.3 Å². The van der Waals surface area contributed by atoms with Gasteiger partial charge in [0.15, 0.2) is 11.5 Å². The van der Waals surface area contributed by atoms with E-state index in [1.807, 2.05) is 6.07 Å². The first-order valence-corrected chi connectivity index (χ1v) is 11.5. The molecule has 0 radical (unpaired) electrons. The first-order valence-electron chi connectivity index (χ1n) is 9.71. The number of nitriles is 1. The van der Waals surface area contributed by atoms with Gasteiger partial charge in [-0.2, -0.15) is 13.7 Å². The molecule has 0 saturated carbocycles. The van der Waals surface area contributed by atoms with Crippen LogP contribution in [0, 0.1) is 11.3 Å². The molecule has 0 aromatic heterocycles. The van der Waals surface area contributed by atoms with Crippen molar-refractivity contribution < 1.29 is 26.9 Å². The number of ether oxygens (including phenoxy) is 2. The zero-order chi connectivity index (χ0) is 24.7. The zero-order valence-corrected chi connectivity index (χ0v) is 19.7. The highest BCUT2D eigenvalue weighted by molar-refractivity contribution is 7.87. The number of carbonyl (C=O) groups is 1. The van der Waals surface area contributed by atoms with Crippen molar-refractivity contribution >= 4 is 39.4 Å². The lowest BCUT2D eigenvalue weighted by atomic mass is 10.1. The van der Waals surface area contributed by atoms with Crippen molar-refractivity contribution in [3.63, 3.8) is 0 Å². The van der Waals surface area contributed by atoms with Gasteiger partial charge in [0.2, 0.25) is 0 Å². The summed E-state index contributed by atoms with van der Waals surface area (Å²) in [6.07, 6.45) is 1.34. The third-order valence-electron chi connectivity index (χ3n) is 4.49. The smallest absolute Gasteiger partial charge is 0.339 e. The van der Waals surface area contributed by atoms with E-state index >= 15 is 0 Å². The normalized spacial score (nSPS) is 11.3. The quantitative estimate of drug-likeness (QED) is 0.272. The monoisotopic (exact) mass is 498 g/mol. The number of rotatable bonds is 8. The summed E-state index contributed by atoms with van der Waals surface area (Å²) in [7, 11) is -1.33. The Morgan fingerprint density at radius 3 is 2.35 bits per heavy atom. The number of anilines is 1. The predicted molar refractivity (Wildman–Crippen MR) is 127 cm³/mol. The molecule has 0 spiro atoms. The van der Waals surface area contributed by atoms with Gasteiger partial charge in [-0.25, -0.2) is 0 Å². The molecule has 0 fully saturated rings. The molecule has 0 aliphatic rings. The number of hydrogen-bond acceptors (Lipinski definition) is 7. The Hall–Kier alpha value is -4.00. The molecule has 0 aliphatic heterocycles. The van der Waals surface area contributed by atoms with Gasteiger partial charge in [-0.05, 0) is 66.2 Å². The summed E-state index contributed by atoms with van der Waals surface area (Å²) < 4.78 is 40.8. The van der Waals surface area contributed by atoms with E-state index in [1.165, 1.54) is 62.8 Å². The highest BCUT2D eigenvalue weighted by Crippen LogP contribution is 2.32. The van der Waals surface area contributed by atoms with Crippen molar-refractivity contribution in [2.45, 2.75) is 4.90 Å². The van der Waals surface area contributed by atoms with E-state index in [0.29, 0.717) is 22.0 Å². The molecule has 0 saturated heterocycles. The lowest BCUT2D eigenvalue weighted by Crippen LogP contribution is -2.13. The summed E-state index contributed by atoms with van der Waals surface area (Å²) >= 11 is 5.91. The molecule has 0 unspecified atom stereocenters. The maximum atomic E-state index is 12.6. The topological polar surface area (TPSA) is 115 Å². The van der Waals surface area contributed by atoms with Crippen LogP contribution < -0.4 is 19.0 Å². The Labute approximate surface area is 202 Å². The minimum absolute atomic E-state index is 0.0580. The SMILES string of the molecule is COc1ccc(S(=O)(=O)Oc2ccc(/C=C(\C#N)C(=O)Nc3cccc(Cl)c3)cc2OC)cc1. The fourth-order valence-corrected chi connectivity index (χ4v) is 3.96. The lowest BCUT2D eigenvalue weighted by Gasteiger charge is -2.12. The standard InChI is InChI=1S/C24H19ClN2O6S/c1-31-20-7-9-21(10-8-20)34(29,30)33-22-11-6-16(13-23(22)32-2)12-17(15-26)24(28)27-19-5-3-4-18(25)14-19/h3-14H,1-2H3,(H,27,28)/b17-12+. The van der Waals surface area contributed by atoms with E-state index in [-0.39, 0.29) is 22.0 Å². The van der Waals surface area contributed by atoms with Crippen molar-refractivity contribution in [2.24, 2.45) is 0 Å². The number of methoxy groups -OCH3 is 2. The van der Waals surface area contributed by atoms with Crippen LogP contribution in [-0.2, 0) is 14.9 Å². The molecule has 10 heteroatoms. The molecule has 0 atom stereocenters. The van der Waals surface area contributed by atoms with Crippen LogP contribution in [-0.4, -0.2) is 28.5 Å². The second kappa shape index (κ2) is 10.7. The van der Waals surface area contributed by atoms with Crippen molar-refractivity contribution in [3.8, 4) is 23.3 Å². The number of halogens is 1. The number of carbonyl (C=O) groups excluding carboxylic acids is 1. The Morgan fingerprint density at radius 1 is 1.00 bits per heavy atom. The van der Waals surface area contributed by atoms with Crippen LogP contribution in [0.2, 0.25) is 5.02 Å². The van der Waals surface area contributed by atoms with Crippen molar-refractivity contribution in [2.75, 3.05) is 19.5 Å². The fraction of sp³-hybridized carbons (Fsp3) is 0.0833. The van der Waals surface area contributed by atoms with Gasteiger partial charge in [0.25, 0.3) is 5.91 Å². The summed E-state index contributed by atoms with van der Waals surface area (Å²) in [4.78, 5) is 12.4. The molecule has 0 aliphatic carbocycles. The first kappa shape index (κ1) is 24.6. The molecular formula is C24H19ClN2O6S. The minimum atomic E-state index is -4.14. The predicted octanol–water partition coefficient (Wildman–Crippen LogP) is 4.67. The molecule has 1 amide bonds. The molecule has 0 bridgehead atoms. The lowest BCUT2D eigenvalue weighted by molar-refractivity contribution is -0.112. The summed E-state index contributed by atoms with van der Waals surface area (Å²) in [6, 6.07) is 18.4. The Kier molecular flexibility index (Phi) is 7.79. The fourth-order valence-electron chi connectivity index (χ4n) is 2.83. The largest absolute Gasteiger partial charge is 0.497 e. The molecule has 174 valence electrons. The Morgan fingerprint density at radius 2 is 1.74 bits per heavy atom. The van der Waals surface area contributed by atoms with Crippen LogP contribution in [0.5, 0.6) is 17.2 Å². The van der Waals surface area contributed by atoms with Crippen LogP contribution in [0.3, 0.4) is 0 Å².